The molecule has 0 aromatic heterocycles. The maximum absolute atomic E-state index is 9.28. The topological polar surface area (TPSA) is 53.0 Å². The van der Waals surface area contributed by atoms with E-state index in [2.05, 4.69) is 24.8 Å². The van der Waals surface area contributed by atoms with Crippen molar-refractivity contribution in [1.82, 2.24) is 4.90 Å². The van der Waals surface area contributed by atoms with Crippen LogP contribution in [0.25, 0.3) is 0 Å². The van der Waals surface area contributed by atoms with Gasteiger partial charge >= 0.3 is 0 Å². The van der Waals surface area contributed by atoms with Crippen LogP contribution in [0.1, 0.15) is 39.5 Å². The summed E-state index contributed by atoms with van der Waals surface area (Å²) >= 11 is 0. The van der Waals surface area contributed by atoms with Crippen molar-refractivity contribution >= 4 is 0 Å². The Labute approximate surface area is 98.6 Å². The molecule has 0 bridgehead atoms. The normalized spacial score (nSPS) is 30.3. The van der Waals surface area contributed by atoms with Crippen LogP contribution < -0.4 is 5.73 Å². The standard InChI is InChI=1S/C13H23N3/c1-10(2)12-4-3-7-16(12)9-13(15,8-14)11-5-6-11/h10-12H,3-7,9,15H2,1-2H3. The molecule has 0 amide bonds. The van der Waals surface area contributed by atoms with Gasteiger partial charge in [-0.15, -0.1) is 0 Å². The number of likely N-dealkylation sites (tertiary alicyclic amines) is 1. The van der Waals surface area contributed by atoms with Crippen LogP contribution in [-0.4, -0.2) is 29.6 Å². The lowest BCUT2D eigenvalue weighted by Gasteiger charge is -2.33. The summed E-state index contributed by atoms with van der Waals surface area (Å²) in [6.45, 7) is 6.43. The van der Waals surface area contributed by atoms with E-state index in [1.165, 1.54) is 12.8 Å². The third-order valence-corrected chi connectivity index (χ3v) is 4.16. The summed E-state index contributed by atoms with van der Waals surface area (Å²) in [4.78, 5) is 2.45. The van der Waals surface area contributed by atoms with Crippen LogP contribution in [0.15, 0.2) is 0 Å². The molecule has 3 nitrogen and oxygen atoms in total. The highest BCUT2D eigenvalue weighted by Crippen LogP contribution is 2.39. The van der Waals surface area contributed by atoms with Gasteiger partial charge in [0.15, 0.2) is 0 Å². The minimum atomic E-state index is -0.586. The molecule has 3 heteroatoms. The Morgan fingerprint density at radius 1 is 1.44 bits per heavy atom. The first-order valence-electron chi connectivity index (χ1n) is 6.51. The lowest BCUT2D eigenvalue weighted by atomic mass is 9.94. The molecule has 1 saturated carbocycles. The van der Waals surface area contributed by atoms with Gasteiger partial charge in [-0.3, -0.25) is 4.90 Å². The van der Waals surface area contributed by atoms with Gasteiger partial charge in [-0.25, -0.2) is 0 Å². The molecule has 1 aliphatic heterocycles. The van der Waals surface area contributed by atoms with Crippen LogP contribution in [0.5, 0.6) is 0 Å². The summed E-state index contributed by atoms with van der Waals surface area (Å²) in [5.41, 5.74) is 5.66. The van der Waals surface area contributed by atoms with Crippen LogP contribution >= 0.6 is 0 Å². The molecule has 0 aromatic carbocycles. The molecule has 1 saturated heterocycles. The minimum Gasteiger partial charge on any atom is -0.312 e. The second-order valence-electron chi connectivity index (χ2n) is 5.85. The predicted octanol–water partition coefficient (Wildman–Crippen LogP) is 1.74. The SMILES string of the molecule is CC(C)C1CCCN1CC(N)(C#N)C1CC1. The van der Waals surface area contributed by atoms with Gasteiger partial charge in [0.05, 0.1) is 6.07 Å². The van der Waals surface area contributed by atoms with Crippen LogP contribution in [0.3, 0.4) is 0 Å². The summed E-state index contributed by atoms with van der Waals surface area (Å²) < 4.78 is 0. The highest BCUT2D eigenvalue weighted by Gasteiger charge is 2.45. The average molecular weight is 221 g/mol. The molecule has 2 fully saturated rings. The van der Waals surface area contributed by atoms with Gasteiger partial charge in [0.25, 0.3) is 0 Å². The van der Waals surface area contributed by atoms with Gasteiger partial charge in [-0.1, -0.05) is 13.8 Å². The number of hydrogen-bond acceptors (Lipinski definition) is 3. The Bertz CT molecular complexity index is 290. The van der Waals surface area contributed by atoms with E-state index < -0.39 is 5.54 Å². The summed E-state index contributed by atoms with van der Waals surface area (Å²) in [5.74, 6) is 1.12. The van der Waals surface area contributed by atoms with Crippen molar-refractivity contribution in [2.24, 2.45) is 17.6 Å². The Balaban J connectivity index is 2.00. The molecular formula is C13H23N3. The number of nitriles is 1. The Morgan fingerprint density at radius 2 is 2.12 bits per heavy atom. The second kappa shape index (κ2) is 4.35. The highest BCUT2D eigenvalue weighted by molar-refractivity contribution is 5.15. The van der Waals surface area contributed by atoms with E-state index in [0.717, 1.165) is 25.9 Å². The lowest BCUT2D eigenvalue weighted by molar-refractivity contribution is 0.171. The second-order valence-corrected chi connectivity index (χ2v) is 5.85. The Kier molecular flexibility index (Phi) is 3.23. The lowest BCUT2D eigenvalue weighted by Crippen LogP contribution is -2.52. The maximum atomic E-state index is 9.28. The van der Waals surface area contributed by atoms with Crippen molar-refractivity contribution in [3.63, 3.8) is 0 Å². The van der Waals surface area contributed by atoms with E-state index in [9.17, 15) is 5.26 Å². The van der Waals surface area contributed by atoms with Gasteiger partial charge in [0.2, 0.25) is 0 Å². The third kappa shape index (κ3) is 2.23. The van der Waals surface area contributed by atoms with Gasteiger partial charge in [0, 0.05) is 12.6 Å². The quantitative estimate of drug-likeness (QED) is 0.786. The van der Waals surface area contributed by atoms with E-state index in [-0.39, 0.29) is 0 Å². The van der Waals surface area contributed by atoms with Gasteiger partial charge < -0.3 is 5.73 Å². The fourth-order valence-corrected chi connectivity index (χ4v) is 2.99. The largest absolute Gasteiger partial charge is 0.312 e. The monoisotopic (exact) mass is 221 g/mol. The fourth-order valence-electron chi connectivity index (χ4n) is 2.99. The van der Waals surface area contributed by atoms with E-state index in [1.807, 2.05) is 0 Å². The van der Waals surface area contributed by atoms with E-state index >= 15 is 0 Å². The predicted molar refractivity (Wildman–Crippen MR) is 64.7 cm³/mol. The van der Waals surface area contributed by atoms with Crippen molar-refractivity contribution in [2.45, 2.75) is 51.1 Å². The smallest absolute Gasteiger partial charge is 0.119 e. The van der Waals surface area contributed by atoms with Gasteiger partial charge in [0.1, 0.15) is 5.54 Å². The molecule has 1 heterocycles. The Hall–Kier alpha value is -0.590. The number of hydrogen-bond donors (Lipinski definition) is 1. The highest BCUT2D eigenvalue weighted by atomic mass is 15.2. The van der Waals surface area contributed by atoms with Crippen molar-refractivity contribution in [1.29, 1.82) is 5.26 Å². The summed E-state index contributed by atoms with van der Waals surface area (Å²) in [7, 11) is 0. The van der Waals surface area contributed by atoms with E-state index in [0.29, 0.717) is 17.9 Å². The first-order valence-corrected chi connectivity index (χ1v) is 6.51. The third-order valence-electron chi connectivity index (χ3n) is 4.16. The average Bonchev–Trinajstić information content (AvgIpc) is 3.00. The van der Waals surface area contributed by atoms with Crippen molar-refractivity contribution < 1.29 is 0 Å². The summed E-state index contributed by atoms with van der Waals surface area (Å²) in [5, 5.41) is 9.28. The Morgan fingerprint density at radius 3 is 2.62 bits per heavy atom. The van der Waals surface area contributed by atoms with Crippen molar-refractivity contribution in [3.8, 4) is 6.07 Å². The van der Waals surface area contributed by atoms with E-state index in [4.69, 9.17) is 5.73 Å². The van der Waals surface area contributed by atoms with Crippen LogP contribution in [0.4, 0.5) is 0 Å². The molecule has 2 N–H and O–H groups in total. The van der Waals surface area contributed by atoms with E-state index in [1.54, 1.807) is 0 Å². The molecule has 0 aromatic rings. The van der Waals surface area contributed by atoms with Crippen molar-refractivity contribution in [3.05, 3.63) is 0 Å². The number of nitrogens with two attached hydrogens (primary N) is 1. The molecular weight excluding hydrogens is 198 g/mol. The molecule has 16 heavy (non-hydrogen) atoms. The fraction of sp³-hybridized carbons (Fsp3) is 0.923. The molecule has 0 spiro atoms. The van der Waals surface area contributed by atoms with Gasteiger partial charge in [-0.2, -0.15) is 5.26 Å². The maximum Gasteiger partial charge on any atom is 0.119 e. The van der Waals surface area contributed by atoms with Crippen LogP contribution in [-0.2, 0) is 0 Å². The zero-order valence-corrected chi connectivity index (χ0v) is 10.4. The minimum absolute atomic E-state index is 0.450. The molecule has 2 aliphatic rings. The van der Waals surface area contributed by atoms with Crippen LogP contribution in [0.2, 0.25) is 0 Å². The summed E-state index contributed by atoms with van der Waals surface area (Å²) in [6.07, 6.45) is 4.81. The van der Waals surface area contributed by atoms with Crippen LogP contribution in [0, 0.1) is 23.2 Å². The molecule has 0 radical (unpaired) electrons. The molecule has 1 aliphatic carbocycles. The molecule has 2 unspecified atom stereocenters. The zero-order chi connectivity index (χ0) is 11.8. The zero-order valence-electron chi connectivity index (χ0n) is 10.4. The number of nitrogens with zero attached hydrogens (tertiary/aromatic N) is 2. The molecule has 2 rings (SSSR count). The molecule has 2 atom stereocenters. The first-order chi connectivity index (χ1) is 7.57. The number of rotatable bonds is 4. The van der Waals surface area contributed by atoms with Crippen molar-refractivity contribution in [2.75, 3.05) is 13.1 Å². The first kappa shape index (κ1) is 11.9. The molecule has 90 valence electrons. The summed E-state index contributed by atoms with van der Waals surface area (Å²) in [6, 6.07) is 3.00. The van der Waals surface area contributed by atoms with Gasteiger partial charge in [-0.05, 0) is 44.1 Å².